The van der Waals surface area contributed by atoms with Gasteiger partial charge in [0.05, 0.1) is 5.25 Å². The summed E-state index contributed by atoms with van der Waals surface area (Å²) in [5.41, 5.74) is 6.78. The van der Waals surface area contributed by atoms with Gasteiger partial charge in [0.25, 0.3) is 5.24 Å². The Kier molecular flexibility index (Phi) is 4.37. The van der Waals surface area contributed by atoms with Crippen molar-refractivity contribution in [1.29, 1.82) is 0 Å². The Bertz CT molecular complexity index is 407. The van der Waals surface area contributed by atoms with E-state index in [4.69, 9.17) is 5.73 Å². The second-order valence-corrected chi connectivity index (χ2v) is 4.78. The number of amides is 2. The predicted molar refractivity (Wildman–Crippen MR) is 66.4 cm³/mol. The highest BCUT2D eigenvalue weighted by molar-refractivity contribution is 8.14. The highest BCUT2D eigenvalue weighted by atomic mass is 32.2. The number of primary amides is 1. The first-order chi connectivity index (χ1) is 7.49. The van der Waals surface area contributed by atoms with Gasteiger partial charge in [0.15, 0.2) is 0 Å². The molecular weight excluding hydrogens is 224 g/mol. The van der Waals surface area contributed by atoms with Gasteiger partial charge in [-0.2, -0.15) is 0 Å². The largest absolute Gasteiger partial charge is 0.360 e. The molecule has 0 spiro atoms. The summed E-state index contributed by atoms with van der Waals surface area (Å²) in [7, 11) is 0. The molecule has 0 aliphatic carbocycles. The molecular formula is C11H14N2O2S. The van der Waals surface area contributed by atoms with E-state index in [9.17, 15) is 9.59 Å². The van der Waals surface area contributed by atoms with Gasteiger partial charge in [-0.1, -0.05) is 23.9 Å². The van der Waals surface area contributed by atoms with Crippen LogP contribution in [0.25, 0.3) is 0 Å². The molecule has 0 bridgehead atoms. The van der Waals surface area contributed by atoms with E-state index in [2.05, 4.69) is 5.32 Å². The Morgan fingerprint density at radius 1 is 1.44 bits per heavy atom. The molecule has 1 aromatic rings. The quantitative estimate of drug-likeness (QED) is 0.847. The predicted octanol–water partition coefficient (Wildman–Crippen LogP) is 2.13. The van der Waals surface area contributed by atoms with Crippen molar-refractivity contribution in [2.75, 3.05) is 5.32 Å². The molecule has 86 valence electrons. The summed E-state index contributed by atoms with van der Waals surface area (Å²) in [4.78, 5) is 22.2. The molecule has 16 heavy (non-hydrogen) atoms. The number of carbonyl (C=O) groups is 2. The standard InChI is InChI=1S/C11H14N2O2S/c1-7-4-3-5-9(6-7)13-10(14)8(2)16-11(12)15/h3-6,8H,1-2H3,(H2,12,15)(H,13,14). The van der Waals surface area contributed by atoms with E-state index in [1.807, 2.05) is 25.1 Å². The molecule has 0 radical (unpaired) electrons. The maximum absolute atomic E-state index is 11.6. The molecule has 0 heterocycles. The van der Waals surface area contributed by atoms with Crippen molar-refractivity contribution in [2.45, 2.75) is 19.1 Å². The number of thioether (sulfide) groups is 1. The highest BCUT2D eigenvalue weighted by Gasteiger charge is 2.16. The monoisotopic (exact) mass is 238 g/mol. The van der Waals surface area contributed by atoms with Crippen LogP contribution in [-0.4, -0.2) is 16.4 Å². The van der Waals surface area contributed by atoms with Crippen molar-refractivity contribution in [2.24, 2.45) is 5.73 Å². The third kappa shape index (κ3) is 3.94. The highest BCUT2D eigenvalue weighted by Crippen LogP contribution is 2.14. The lowest BCUT2D eigenvalue weighted by Gasteiger charge is -2.10. The fourth-order valence-electron chi connectivity index (χ4n) is 1.19. The Hall–Kier alpha value is -1.49. The molecule has 1 unspecified atom stereocenters. The summed E-state index contributed by atoms with van der Waals surface area (Å²) in [5.74, 6) is -0.227. The van der Waals surface area contributed by atoms with E-state index in [1.54, 1.807) is 13.0 Å². The van der Waals surface area contributed by atoms with Gasteiger partial charge in [0.1, 0.15) is 0 Å². The van der Waals surface area contributed by atoms with Gasteiger partial charge in [0, 0.05) is 5.69 Å². The summed E-state index contributed by atoms with van der Waals surface area (Å²) in [6.07, 6.45) is 0. The molecule has 5 heteroatoms. The topological polar surface area (TPSA) is 72.2 Å². The maximum atomic E-state index is 11.6. The lowest BCUT2D eigenvalue weighted by molar-refractivity contribution is -0.115. The van der Waals surface area contributed by atoms with Crippen LogP contribution in [0.1, 0.15) is 12.5 Å². The summed E-state index contributed by atoms with van der Waals surface area (Å²) < 4.78 is 0. The average molecular weight is 238 g/mol. The van der Waals surface area contributed by atoms with Crippen LogP contribution in [0, 0.1) is 6.92 Å². The Labute approximate surface area is 98.6 Å². The second kappa shape index (κ2) is 5.55. The first-order valence-corrected chi connectivity index (χ1v) is 5.70. The Balaban J connectivity index is 2.60. The van der Waals surface area contributed by atoms with Crippen LogP contribution in [0.15, 0.2) is 24.3 Å². The van der Waals surface area contributed by atoms with E-state index in [0.717, 1.165) is 23.0 Å². The van der Waals surface area contributed by atoms with Gasteiger partial charge in [-0.25, -0.2) is 0 Å². The van der Waals surface area contributed by atoms with Gasteiger partial charge < -0.3 is 11.1 Å². The number of carbonyl (C=O) groups excluding carboxylic acids is 2. The zero-order valence-electron chi connectivity index (χ0n) is 9.19. The average Bonchev–Trinajstić information content (AvgIpc) is 2.16. The number of anilines is 1. The van der Waals surface area contributed by atoms with Crippen molar-refractivity contribution >= 4 is 28.6 Å². The number of hydrogen-bond donors (Lipinski definition) is 2. The maximum Gasteiger partial charge on any atom is 0.277 e. The fourth-order valence-corrected chi connectivity index (χ4v) is 1.71. The molecule has 0 saturated carbocycles. The Morgan fingerprint density at radius 3 is 2.69 bits per heavy atom. The van der Waals surface area contributed by atoms with Crippen LogP contribution < -0.4 is 11.1 Å². The molecule has 0 aromatic heterocycles. The molecule has 0 saturated heterocycles. The van der Waals surface area contributed by atoms with Crippen LogP contribution in [0.3, 0.4) is 0 Å². The summed E-state index contributed by atoms with van der Waals surface area (Å²) in [5, 5.41) is 1.68. The van der Waals surface area contributed by atoms with Crippen molar-refractivity contribution in [3.8, 4) is 0 Å². The number of nitrogens with one attached hydrogen (secondary N) is 1. The zero-order chi connectivity index (χ0) is 12.1. The lowest BCUT2D eigenvalue weighted by atomic mass is 10.2. The van der Waals surface area contributed by atoms with Gasteiger partial charge in [-0.15, -0.1) is 0 Å². The third-order valence-corrected chi connectivity index (χ3v) is 2.75. The van der Waals surface area contributed by atoms with Crippen LogP contribution in [0.2, 0.25) is 0 Å². The van der Waals surface area contributed by atoms with Crippen molar-refractivity contribution in [3.63, 3.8) is 0 Å². The van der Waals surface area contributed by atoms with Gasteiger partial charge >= 0.3 is 0 Å². The van der Waals surface area contributed by atoms with Gasteiger partial charge in [-0.05, 0) is 31.5 Å². The third-order valence-electron chi connectivity index (χ3n) is 1.95. The second-order valence-electron chi connectivity index (χ2n) is 3.44. The number of rotatable bonds is 3. The van der Waals surface area contributed by atoms with E-state index < -0.39 is 10.5 Å². The van der Waals surface area contributed by atoms with E-state index in [-0.39, 0.29) is 5.91 Å². The molecule has 1 rings (SSSR count). The lowest BCUT2D eigenvalue weighted by Crippen LogP contribution is -2.25. The smallest absolute Gasteiger partial charge is 0.277 e. The van der Waals surface area contributed by atoms with Crippen LogP contribution in [0.4, 0.5) is 10.5 Å². The molecule has 0 aliphatic heterocycles. The normalized spacial score (nSPS) is 11.9. The number of hydrogen-bond acceptors (Lipinski definition) is 3. The summed E-state index contributed by atoms with van der Waals surface area (Å²) >= 11 is 0.813. The van der Waals surface area contributed by atoms with Crippen molar-refractivity contribution in [3.05, 3.63) is 29.8 Å². The van der Waals surface area contributed by atoms with Crippen molar-refractivity contribution < 1.29 is 9.59 Å². The zero-order valence-corrected chi connectivity index (χ0v) is 10.0. The molecule has 4 nitrogen and oxygen atoms in total. The number of nitrogens with two attached hydrogens (primary N) is 1. The fraction of sp³-hybridized carbons (Fsp3) is 0.273. The van der Waals surface area contributed by atoms with Gasteiger partial charge in [-0.3, -0.25) is 9.59 Å². The summed E-state index contributed by atoms with van der Waals surface area (Å²) in [6, 6.07) is 7.46. The van der Waals surface area contributed by atoms with Crippen LogP contribution in [-0.2, 0) is 4.79 Å². The first-order valence-electron chi connectivity index (χ1n) is 4.82. The molecule has 1 aromatic carbocycles. The minimum Gasteiger partial charge on any atom is -0.360 e. The summed E-state index contributed by atoms with van der Waals surface area (Å²) in [6.45, 7) is 3.58. The molecule has 0 fully saturated rings. The number of aryl methyl sites for hydroxylation is 1. The van der Waals surface area contributed by atoms with Crippen LogP contribution >= 0.6 is 11.8 Å². The van der Waals surface area contributed by atoms with E-state index in [1.165, 1.54) is 0 Å². The Morgan fingerprint density at radius 2 is 2.12 bits per heavy atom. The minimum atomic E-state index is -0.549. The first kappa shape index (κ1) is 12.6. The minimum absolute atomic E-state index is 0.227. The van der Waals surface area contributed by atoms with Crippen LogP contribution in [0.5, 0.6) is 0 Å². The molecule has 2 amide bonds. The van der Waals surface area contributed by atoms with E-state index >= 15 is 0 Å². The SMILES string of the molecule is Cc1cccc(NC(=O)C(C)SC(N)=O)c1. The van der Waals surface area contributed by atoms with Crippen molar-refractivity contribution in [1.82, 2.24) is 0 Å². The molecule has 3 N–H and O–H groups in total. The van der Waals surface area contributed by atoms with Gasteiger partial charge in [0.2, 0.25) is 5.91 Å². The number of benzene rings is 1. The van der Waals surface area contributed by atoms with E-state index in [0.29, 0.717) is 0 Å². The molecule has 0 aliphatic rings. The molecule has 1 atom stereocenters.